The third kappa shape index (κ3) is 4.46. The number of piperidine rings is 1. The van der Waals surface area contributed by atoms with Crippen LogP contribution in [0.5, 0.6) is 0 Å². The fourth-order valence-electron chi connectivity index (χ4n) is 4.32. The number of nitrogens with zero attached hydrogens (tertiary/aromatic N) is 1. The second kappa shape index (κ2) is 8.26. The van der Waals surface area contributed by atoms with Crippen molar-refractivity contribution in [2.75, 3.05) is 13.1 Å². The van der Waals surface area contributed by atoms with Crippen LogP contribution in [-0.4, -0.2) is 30.1 Å². The van der Waals surface area contributed by atoms with Gasteiger partial charge in [-0.1, -0.05) is 51.9 Å². The van der Waals surface area contributed by atoms with Crippen molar-refractivity contribution in [2.24, 2.45) is 11.7 Å². The van der Waals surface area contributed by atoms with Gasteiger partial charge in [0.2, 0.25) is 0 Å². The molecule has 1 aliphatic heterocycles. The first-order valence-electron chi connectivity index (χ1n) is 8.81. The maximum absolute atomic E-state index is 6.14. The van der Waals surface area contributed by atoms with E-state index in [9.17, 15) is 0 Å². The Hall–Kier alpha value is -0.0800. The molecule has 0 bridgehead atoms. The van der Waals surface area contributed by atoms with Crippen LogP contribution in [0.25, 0.3) is 0 Å². The van der Waals surface area contributed by atoms with Crippen LogP contribution in [0.4, 0.5) is 0 Å². The van der Waals surface area contributed by atoms with Gasteiger partial charge < -0.3 is 5.73 Å². The average molecular weight is 266 g/mol. The summed E-state index contributed by atoms with van der Waals surface area (Å²) in [7, 11) is 0. The molecule has 2 fully saturated rings. The van der Waals surface area contributed by atoms with E-state index in [1.54, 1.807) is 0 Å². The molecule has 0 aromatic carbocycles. The van der Waals surface area contributed by atoms with E-state index in [1.807, 2.05) is 0 Å². The van der Waals surface area contributed by atoms with Crippen molar-refractivity contribution in [3.8, 4) is 0 Å². The van der Waals surface area contributed by atoms with Gasteiger partial charge in [0.05, 0.1) is 0 Å². The summed E-state index contributed by atoms with van der Waals surface area (Å²) in [6.07, 6.45) is 15.6. The topological polar surface area (TPSA) is 29.3 Å². The van der Waals surface area contributed by atoms with Crippen LogP contribution in [0.15, 0.2) is 0 Å². The summed E-state index contributed by atoms with van der Waals surface area (Å²) < 4.78 is 0. The minimum absolute atomic E-state index is 0.667. The summed E-state index contributed by atoms with van der Waals surface area (Å²) in [6, 6.07) is 1.50. The summed E-state index contributed by atoms with van der Waals surface area (Å²) in [5.74, 6) is 0.964. The van der Waals surface area contributed by atoms with Crippen LogP contribution in [0, 0.1) is 5.92 Å². The van der Waals surface area contributed by atoms with Crippen LogP contribution in [-0.2, 0) is 0 Å². The molecule has 1 heterocycles. The monoisotopic (exact) mass is 266 g/mol. The predicted octanol–water partition coefficient (Wildman–Crippen LogP) is 3.94. The number of nitrogens with two attached hydrogens (primary N) is 1. The average Bonchev–Trinajstić information content (AvgIpc) is 2.47. The Morgan fingerprint density at radius 3 is 2.47 bits per heavy atom. The SMILES string of the molecule is CCCC1CCCCN1C(CN)CC1CCCCC1. The second-order valence-electron chi connectivity index (χ2n) is 6.81. The minimum atomic E-state index is 0.667. The number of hydrogen-bond acceptors (Lipinski definition) is 2. The normalized spacial score (nSPS) is 28.4. The molecule has 2 nitrogen and oxygen atoms in total. The lowest BCUT2D eigenvalue weighted by atomic mass is 9.83. The molecule has 0 aromatic rings. The summed E-state index contributed by atoms with van der Waals surface area (Å²) in [5.41, 5.74) is 6.14. The van der Waals surface area contributed by atoms with Gasteiger partial charge in [-0.2, -0.15) is 0 Å². The lowest BCUT2D eigenvalue weighted by Gasteiger charge is -2.42. The summed E-state index contributed by atoms with van der Waals surface area (Å²) in [6.45, 7) is 4.50. The van der Waals surface area contributed by atoms with Gasteiger partial charge in [-0.05, 0) is 38.1 Å². The van der Waals surface area contributed by atoms with E-state index >= 15 is 0 Å². The Morgan fingerprint density at radius 2 is 1.79 bits per heavy atom. The standard InChI is InChI=1S/C17H34N2/c1-2-8-16-11-6-7-12-19(16)17(14-18)13-15-9-4-3-5-10-15/h15-17H,2-14,18H2,1H3. The van der Waals surface area contributed by atoms with Crippen molar-refractivity contribution in [2.45, 2.75) is 89.6 Å². The molecule has 2 N–H and O–H groups in total. The van der Waals surface area contributed by atoms with E-state index in [1.165, 1.54) is 77.2 Å². The third-order valence-corrected chi connectivity index (χ3v) is 5.37. The Morgan fingerprint density at radius 1 is 1.05 bits per heavy atom. The molecule has 2 aliphatic rings. The van der Waals surface area contributed by atoms with Gasteiger partial charge in [-0.25, -0.2) is 0 Å². The fourth-order valence-corrected chi connectivity index (χ4v) is 4.32. The Kier molecular flexibility index (Phi) is 6.66. The smallest absolute Gasteiger partial charge is 0.0223 e. The quantitative estimate of drug-likeness (QED) is 0.789. The van der Waals surface area contributed by atoms with Crippen molar-refractivity contribution in [3.05, 3.63) is 0 Å². The first kappa shape index (κ1) is 15.3. The van der Waals surface area contributed by atoms with Gasteiger partial charge in [0.1, 0.15) is 0 Å². The molecule has 2 rings (SSSR count). The highest BCUT2D eigenvalue weighted by Crippen LogP contribution is 2.31. The number of rotatable bonds is 6. The van der Waals surface area contributed by atoms with Crippen molar-refractivity contribution in [1.82, 2.24) is 4.90 Å². The van der Waals surface area contributed by atoms with E-state index in [4.69, 9.17) is 5.73 Å². The van der Waals surface area contributed by atoms with Crippen molar-refractivity contribution < 1.29 is 0 Å². The highest BCUT2D eigenvalue weighted by atomic mass is 15.2. The largest absolute Gasteiger partial charge is 0.329 e. The van der Waals surface area contributed by atoms with Crippen LogP contribution >= 0.6 is 0 Å². The maximum atomic E-state index is 6.14. The van der Waals surface area contributed by atoms with Gasteiger partial charge in [-0.15, -0.1) is 0 Å². The highest BCUT2D eigenvalue weighted by Gasteiger charge is 2.29. The Labute approximate surface area is 120 Å². The second-order valence-corrected chi connectivity index (χ2v) is 6.81. The van der Waals surface area contributed by atoms with E-state index in [-0.39, 0.29) is 0 Å². The molecule has 2 atom stereocenters. The van der Waals surface area contributed by atoms with E-state index in [0.29, 0.717) is 6.04 Å². The molecule has 1 saturated heterocycles. The molecular weight excluding hydrogens is 232 g/mol. The van der Waals surface area contributed by atoms with Gasteiger partial charge in [0, 0.05) is 18.6 Å². The molecule has 2 unspecified atom stereocenters. The molecule has 1 saturated carbocycles. The fraction of sp³-hybridized carbons (Fsp3) is 1.00. The number of likely N-dealkylation sites (tertiary alicyclic amines) is 1. The van der Waals surface area contributed by atoms with E-state index < -0.39 is 0 Å². The molecule has 0 amide bonds. The Bertz CT molecular complexity index is 233. The lowest BCUT2D eigenvalue weighted by molar-refractivity contribution is 0.0735. The number of hydrogen-bond donors (Lipinski definition) is 1. The van der Waals surface area contributed by atoms with Gasteiger partial charge in [0.15, 0.2) is 0 Å². The molecule has 0 radical (unpaired) electrons. The van der Waals surface area contributed by atoms with E-state index in [0.717, 1.165) is 18.5 Å². The van der Waals surface area contributed by atoms with Gasteiger partial charge >= 0.3 is 0 Å². The first-order valence-corrected chi connectivity index (χ1v) is 8.81. The molecule has 2 heteroatoms. The summed E-state index contributed by atoms with van der Waals surface area (Å²) in [4.78, 5) is 2.79. The molecule has 0 aromatic heterocycles. The zero-order valence-electron chi connectivity index (χ0n) is 12.9. The predicted molar refractivity (Wildman–Crippen MR) is 83.3 cm³/mol. The first-order chi connectivity index (χ1) is 9.35. The van der Waals surface area contributed by atoms with Crippen molar-refractivity contribution in [1.29, 1.82) is 0 Å². The van der Waals surface area contributed by atoms with Crippen molar-refractivity contribution >= 4 is 0 Å². The van der Waals surface area contributed by atoms with Gasteiger partial charge in [-0.3, -0.25) is 4.90 Å². The molecule has 1 aliphatic carbocycles. The van der Waals surface area contributed by atoms with Crippen LogP contribution in [0.3, 0.4) is 0 Å². The third-order valence-electron chi connectivity index (χ3n) is 5.37. The summed E-state index contributed by atoms with van der Waals surface area (Å²) >= 11 is 0. The molecular formula is C17H34N2. The maximum Gasteiger partial charge on any atom is 0.0223 e. The van der Waals surface area contributed by atoms with E-state index in [2.05, 4.69) is 11.8 Å². The molecule has 0 spiro atoms. The van der Waals surface area contributed by atoms with Crippen LogP contribution in [0.1, 0.15) is 77.6 Å². The Balaban J connectivity index is 1.89. The lowest BCUT2D eigenvalue weighted by Crippen LogP contribution is -2.50. The zero-order valence-corrected chi connectivity index (χ0v) is 12.9. The molecule has 19 heavy (non-hydrogen) atoms. The highest BCUT2D eigenvalue weighted by molar-refractivity contribution is 4.85. The molecule has 112 valence electrons. The van der Waals surface area contributed by atoms with Crippen LogP contribution in [0.2, 0.25) is 0 Å². The summed E-state index contributed by atoms with van der Waals surface area (Å²) in [5, 5.41) is 0. The zero-order chi connectivity index (χ0) is 13.5. The van der Waals surface area contributed by atoms with Crippen LogP contribution < -0.4 is 5.73 Å². The van der Waals surface area contributed by atoms with Gasteiger partial charge in [0.25, 0.3) is 0 Å². The minimum Gasteiger partial charge on any atom is -0.329 e. The van der Waals surface area contributed by atoms with Crippen molar-refractivity contribution in [3.63, 3.8) is 0 Å².